The summed E-state index contributed by atoms with van der Waals surface area (Å²) in [4.78, 5) is 4.31. The average Bonchev–Trinajstić information content (AvgIpc) is 2.86. The normalized spacial score (nSPS) is 11.6. The molecule has 0 amide bonds. The molecule has 2 aromatic rings. The number of aliphatic imine (C=N–C) groups is 1. The lowest BCUT2D eigenvalue weighted by Gasteiger charge is -2.14. The number of nitrogens with one attached hydrogen (secondary N) is 2. The Hall–Kier alpha value is -2.34. The molecule has 2 N–H and O–H groups in total. The maximum absolute atomic E-state index is 5.54. The quantitative estimate of drug-likeness (QED) is 0.599. The van der Waals surface area contributed by atoms with Gasteiger partial charge in [0, 0.05) is 45.0 Å². The van der Waals surface area contributed by atoms with Gasteiger partial charge in [0.1, 0.15) is 0 Å². The van der Waals surface area contributed by atoms with E-state index >= 15 is 0 Å². The Morgan fingerprint density at radius 2 is 1.84 bits per heavy atom. The molecule has 25 heavy (non-hydrogen) atoms. The van der Waals surface area contributed by atoms with E-state index < -0.39 is 0 Å². The standard InChI is InChI=1S/C19H29N5O/c1-6-25-13-17-10-8-7-9-16(17)11-21-19(20-4)22-12-18-14(2)23-24(5)15(18)3/h7-10H,6,11-13H2,1-5H3,(H2,20,21,22). The molecule has 136 valence electrons. The molecule has 1 heterocycles. The van der Waals surface area contributed by atoms with E-state index in [1.165, 1.54) is 22.4 Å². The van der Waals surface area contributed by atoms with Crippen LogP contribution >= 0.6 is 0 Å². The van der Waals surface area contributed by atoms with Gasteiger partial charge >= 0.3 is 0 Å². The highest BCUT2D eigenvalue weighted by atomic mass is 16.5. The van der Waals surface area contributed by atoms with Gasteiger partial charge in [0.2, 0.25) is 0 Å². The minimum Gasteiger partial charge on any atom is -0.377 e. The van der Waals surface area contributed by atoms with Gasteiger partial charge in [-0.15, -0.1) is 0 Å². The van der Waals surface area contributed by atoms with Crippen molar-refractivity contribution in [2.45, 2.75) is 40.5 Å². The van der Waals surface area contributed by atoms with Crippen LogP contribution in [0.4, 0.5) is 0 Å². The topological polar surface area (TPSA) is 63.5 Å². The molecule has 0 atom stereocenters. The van der Waals surface area contributed by atoms with Crippen molar-refractivity contribution in [1.82, 2.24) is 20.4 Å². The zero-order valence-corrected chi connectivity index (χ0v) is 15.9. The van der Waals surface area contributed by atoms with E-state index in [0.717, 1.165) is 18.3 Å². The predicted octanol–water partition coefficient (Wildman–Crippen LogP) is 2.44. The summed E-state index contributed by atoms with van der Waals surface area (Å²) < 4.78 is 7.45. The Morgan fingerprint density at radius 1 is 1.16 bits per heavy atom. The summed E-state index contributed by atoms with van der Waals surface area (Å²) >= 11 is 0. The molecule has 0 aliphatic carbocycles. The summed E-state index contributed by atoms with van der Waals surface area (Å²) in [5.41, 5.74) is 5.84. The number of hydrogen-bond donors (Lipinski definition) is 2. The number of ether oxygens (including phenoxy) is 1. The van der Waals surface area contributed by atoms with Crippen LogP contribution in [0, 0.1) is 13.8 Å². The molecule has 1 aromatic carbocycles. The van der Waals surface area contributed by atoms with Crippen LogP contribution in [0.1, 0.15) is 35.0 Å². The van der Waals surface area contributed by atoms with Gasteiger partial charge < -0.3 is 15.4 Å². The molecule has 6 nitrogen and oxygen atoms in total. The molecular weight excluding hydrogens is 314 g/mol. The van der Waals surface area contributed by atoms with Crippen molar-refractivity contribution in [1.29, 1.82) is 0 Å². The molecular formula is C19H29N5O. The largest absolute Gasteiger partial charge is 0.377 e. The van der Waals surface area contributed by atoms with Crippen molar-refractivity contribution >= 4 is 5.96 Å². The second-order valence-corrected chi connectivity index (χ2v) is 5.96. The van der Waals surface area contributed by atoms with Crippen LogP contribution in [-0.2, 0) is 31.5 Å². The van der Waals surface area contributed by atoms with E-state index in [0.29, 0.717) is 19.7 Å². The number of rotatable bonds is 7. The molecule has 0 radical (unpaired) electrons. The highest BCUT2D eigenvalue weighted by Gasteiger charge is 2.10. The molecule has 0 aliphatic heterocycles. The fourth-order valence-electron chi connectivity index (χ4n) is 2.73. The van der Waals surface area contributed by atoms with Crippen molar-refractivity contribution in [2.24, 2.45) is 12.0 Å². The first-order chi connectivity index (χ1) is 12.1. The zero-order chi connectivity index (χ0) is 18.2. The highest BCUT2D eigenvalue weighted by molar-refractivity contribution is 5.79. The van der Waals surface area contributed by atoms with Crippen molar-refractivity contribution in [3.63, 3.8) is 0 Å². The molecule has 0 unspecified atom stereocenters. The Balaban J connectivity index is 1.95. The SMILES string of the molecule is CCOCc1ccccc1CNC(=NC)NCc1c(C)nn(C)c1C. The lowest BCUT2D eigenvalue weighted by atomic mass is 10.1. The molecule has 0 bridgehead atoms. The Labute approximate surface area is 150 Å². The number of hydrogen-bond acceptors (Lipinski definition) is 3. The lowest BCUT2D eigenvalue weighted by Crippen LogP contribution is -2.36. The third-order valence-corrected chi connectivity index (χ3v) is 4.34. The zero-order valence-electron chi connectivity index (χ0n) is 15.9. The van der Waals surface area contributed by atoms with Crippen LogP contribution in [0.5, 0.6) is 0 Å². The average molecular weight is 343 g/mol. The number of aromatic nitrogens is 2. The molecule has 1 aromatic heterocycles. The van der Waals surface area contributed by atoms with Crippen LogP contribution in [0.15, 0.2) is 29.3 Å². The molecule has 0 saturated carbocycles. The van der Waals surface area contributed by atoms with Gasteiger partial charge in [0.15, 0.2) is 5.96 Å². The summed E-state index contributed by atoms with van der Waals surface area (Å²) in [6.07, 6.45) is 0. The third-order valence-electron chi connectivity index (χ3n) is 4.34. The number of guanidine groups is 1. The van der Waals surface area contributed by atoms with Gasteiger partial charge in [-0.3, -0.25) is 9.67 Å². The van der Waals surface area contributed by atoms with E-state index in [4.69, 9.17) is 4.74 Å². The molecule has 6 heteroatoms. The molecule has 0 aliphatic rings. The Bertz CT molecular complexity index is 721. The minimum absolute atomic E-state index is 0.633. The second kappa shape index (κ2) is 9.22. The first kappa shape index (κ1) is 19.0. The highest BCUT2D eigenvalue weighted by Crippen LogP contribution is 2.12. The summed E-state index contributed by atoms with van der Waals surface area (Å²) in [7, 11) is 3.75. The van der Waals surface area contributed by atoms with Gasteiger partial charge in [-0.2, -0.15) is 5.10 Å². The second-order valence-electron chi connectivity index (χ2n) is 5.96. The first-order valence-electron chi connectivity index (χ1n) is 8.64. The molecule has 0 saturated heterocycles. The summed E-state index contributed by atoms with van der Waals surface area (Å²) in [6, 6.07) is 8.30. The van der Waals surface area contributed by atoms with E-state index in [2.05, 4.69) is 39.8 Å². The predicted molar refractivity (Wildman–Crippen MR) is 101 cm³/mol. The summed E-state index contributed by atoms with van der Waals surface area (Å²) in [6.45, 7) is 8.87. The summed E-state index contributed by atoms with van der Waals surface area (Å²) in [5.74, 6) is 0.772. The molecule has 2 rings (SSSR count). The van der Waals surface area contributed by atoms with Crippen LogP contribution in [-0.4, -0.2) is 29.4 Å². The van der Waals surface area contributed by atoms with E-state index in [9.17, 15) is 0 Å². The van der Waals surface area contributed by atoms with Crippen LogP contribution in [0.2, 0.25) is 0 Å². The number of aryl methyl sites for hydroxylation is 2. The van der Waals surface area contributed by atoms with Crippen molar-refractivity contribution < 1.29 is 4.74 Å². The van der Waals surface area contributed by atoms with Gasteiger partial charge in [-0.1, -0.05) is 24.3 Å². The molecule has 0 fully saturated rings. The van der Waals surface area contributed by atoms with Crippen LogP contribution < -0.4 is 10.6 Å². The van der Waals surface area contributed by atoms with Crippen molar-refractivity contribution in [2.75, 3.05) is 13.7 Å². The van der Waals surface area contributed by atoms with Gasteiger partial charge in [-0.25, -0.2) is 0 Å². The fraction of sp³-hybridized carbons (Fsp3) is 0.474. The van der Waals surface area contributed by atoms with E-state index in [1.54, 1.807) is 7.05 Å². The van der Waals surface area contributed by atoms with Crippen molar-refractivity contribution in [3.8, 4) is 0 Å². The molecule has 0 spiro atoms. The van der Waals surface area contributed by atoms with Gasteiger partial charge in [-0.05, 0) is 31.9 Å². The lowest BCUT2D eigenvalue weighted by molar-refractivity contribution is 0.133. The smallest absolute Gasteiger partial charge is 0.191 e. The Morgan fingerprint density at radius 3 is 2.44 bits per heavy atom. The fourth-order valence-corrected chi connectivity index (χ4v) is 2.73. The van der Waals surface area contributed by atoms with Gasteiger partial charge in [0.25, 0.3) is 0 Å². The minimum atomic E-state index is 0.633. The van der Waals surface area contributed by atoms with E-state index in [1.807, 2.05) is 37.7 Å². The van der Waals surface area contributed by atoms with E-state index in [-0.39, 0.29) is 0 Å². The van der Waals surface area contributed by atoms with Crippen LogP contribution in [0.3, 0.4) is 0 Å². The monoisotopic (exact) mass is 343 g/mol. The maximum Gasteiger partial charge on any atom is 0.191 e. The summed E-state index contributed by atoms with van der Waals surface area (Å²) in [5, 5.41) is 11.2. The Kier molecular flexibility index (Phi) is 7.01. The van der Waals surface area contributed by atoms with Gasteiger partial charge in [0.05, 0.1) is 12.3 Å². The number of nitrogens with zero attached hydrogens (tertiary/aromatic N) is 3. The third kappa shape index (κ3) is 5.06. The maximum atomic E-state index is 5.54. The van der Waals surface area contributed by atoms with Crippen molar-refractivity contribution in [3.05, 3.63) is 52.3 Å². The number of benzene rings is 1. The first-order valence-corrected chi connectivity index (χ1v) is 8.64. The van der Waals surface area contributed by atoms with Crippen LogP contribution in [0.25, 0.3) is 0 Å².